The highest BCUT2D eigenvalue weighted by molar-refractivity contribution is 5.86. The molecule has 0 aromatic heterocycles. The fraction of sp³-hybridized carbons (Fsp3) is 0.611. The van der Waals surface area contributed by atoms with E-state index in [1.165, 1.54) is 25.7 Å². The first-order valence-corrected chi connectivity index (χ1v) is 8.39. The molecule has 1 aromatic rings. The van der Waals surface area contributed by atoms with Crippen LogP contribution in [-0.4, -0.2) is 18.5 Å². The maximum absolute atomic E-state index is 12.7. The Morgan fingerprint density at radius 1 is 1.14 bits per heavy atom. The molecular weight excluding hydrogens is 260 g/mol. The summed E-state index contributed by atoms with van der Waals surface area (Å²) in [4.78, 5) is 12.7. The summed E-state index contributed by atoms with van der Waals surface area (Å²) in [7, 11) is 0. The van der Waals surface area contributed by atoms with Gasteiger partial charge < -0.3 is 10.6 Å². The van der Waals surface area contributed by atoms with E-state index in [9.17, 15) is 4.79 Å². The molecule has 1 amide bonds. The van der Waals surface area contributed by atoms with Crippen molar-refractivity contribution in [3.8, 4) is 0 Å². The molecule has 0 radical (unpaired) electrons. The Balaban J connectivity index is 1.71. The monoisotopic (exact) mass is 286 g/mol. The van der Waals surface area contributed by atoms with Gasteiger partial charge in [-0.1, -0.05) is 44.4 Å². The lowest BCUT2D eigenvalue weighted by molar-refractivity contribution is -0.123. The highest BCUT2D eigenvalue weighted by Gasteiger charge is 2.29. The Morgan fingerprint density at radius 2 is 1.95 bits per heavy atom. The molecule has 1 aliphatic carbocycles. The molecule has 2 aliphatic rings. The highest BCUT2D eigenvalue weighted by Crippen LogP contribution is 2.32. The highest BCUT2D eigenvalue weighted by atomic mass is 16.1. The van der Waals surface area contributed by atoms with E-state index < -0.39 is 0 Å². The van der Waals surface area contributed by atoms with Crippen molar-refractivity contribution in [2.45, 2.75) is 57.4 Å². The van der Waals surface area contributed by atoms with Crippen LogP contribution in [-0.2, 0) is 4.79 Å². The second-order valence-corrected chi connectivity index (χ2v) is 6.59. The van der Waals surface area contributed by atoms with Gasteiger partial charge in [-0.05, 0) is 36.8 Å². The largest absolute Gasteiger partial charge is 0.385 e. The second-order valence-electron chi connectivity index (χ2n) is 6.59. The van der Waals surface area contributed by atoms with Crippen molar-refractivity contribution in [1.29, 1.82) is 0 Å². The van der Waals surface area contributed by atoms with Gasteiger partial charge >= 0.3 is 0 Å². The molecule has 1 saturated carbocycles. The Hall–Kier alpha value is -1.51. The van der Waals surface area contributed by atoms with Crippen LogP contribution in [0, 0.1) is 5.92 Å². The topological polar surface area (TPSA) is 41.1 Å². The molecule has 2 N–H and O–H groups in total. The molecular formula is C18H26N2O. The molecule has 1 aliphatic heterocycles. The second kappa shape index (κ2) is 6.50. The van der Waals surface area contributed by atoms with Crippen molar-refractivity contribution in [3.05, 3.63) is 29.8 Å². The summed E-state index contributed by atoms with van der Waals surface area (Å²) in [5.74, 6) is 0.842. The Labute approximate surface area is 127 Å². The molecule has 21 heavy (non-hydrogen) atoms. The lowest BCUT2D eigenvalue weighted by Crippen LogP contribution is -2.42. The van der Waals surface area contributed by atoms with Gasteiger partial charge in [-0.3, -0.25) is 4.79 Å². The number of carbonyl (C=O) groups is 1. The molecule has 0 saturated heterocycles. The lowest BCUT2D eigenvalue weighted by atomic mass is 9.89. The van der Waals surface area contributed by atoms with Crippen molar-refractivity contribution in [2.75, 3.05) is 11.9 Å². The fourth-order valence-electron chi connectivity index (χ4n) is 3.73. The van der Waals surface area contributed by atoms with Crippen molar-refractivity contribution >= 4 is 11.6 Å². The number of hydrogen-bond acceptors (Lipinski definition) is 2. The Bertz CT molecular complexity index is 500. The van der Waals surface area contributed by atoms with Crippen molar-refractivity contribution in [1.82, 2.24) is 5.32 Å². The summed E-state index contributed by atoms with van der Waals surface area (Å²) < 4.78 is 0. The normalized spacial score (nSPS) is 28.9. The first kappa shape index (κ1) is 14.4. The molecule has 1 aromatic carbocycles. The third-order valence-corrected chi connectivity index (χ3v) is 5.09. The predicted molar refractivity (Wildman–Crippen MR) is 86.5 cm³/mol. The van der Waals surface area contributed by atoms with E-state index >= 15 is 0 Å². The van der Waals surface area contributed by atoms with Crippen LogP contribution < -0.4 is 10.6 Å². The van der Waals surface area contributed by atoms with Crippen LogP contribution in [0.1, 0.15) is 56.9 Å². The first-order valence-electron chi connectivity index (χ1n) is 8.39. The Kier molecular flexibility index (Phi) is 4.47. The van der Waals surface area contributed by atoms with E-state index in [4.69, 9.17) is 0 Å². The predicted octanol–water partition coefficient (Wildman–Crippen LogP) is 3.67. The number of benzene rings is 1. The molecule has 3 atom stereocenters. The van der Waals surface area contributed by atoms with Crippen LogP contribution in [0.25, 0.3) is 0 Å². The molecule has 0 spiro atoms. The van der Waals surface area contributed by atoms with Gasteiger partial charge in [-0.25, -0.2) is 0 Å². The van der Waals surface area contributed by atoms with Crippen LogP contribution in [0.4, 0.5) is 5.69 Å². The minimum atomic E-state index is 0.0119. The Morgan fingerprint density at radius 3 is 2.86 bits per heavy atom. The lowest BCUT2D eigenvalue weighted by Gasteiger charge is -2.29. The van der Waals surface area contributed by atoms with Crippen LogP contribution in [0.3, 0.4) is 0 Å². The van der Waals surface area contributed by atoms with E-state index in [0.29, 0.717) is 12.0 Å². The summed E-state index contributed by atoms with van der Waals surface area (Å²) in [5, 5.41) is 6.74. The zero-order valence-corrected chi connectivity index (χ0v) is 12.9. The van der Waals surface area contributed by atoms with E-state index in [1.807, 2.05) is 12.1 Å². The van der Waals surface area contributed by atoms with Crippen molar-refractivity contribution in [3.63, 3.8) is 0 Å². The molecule has 114 valence electrons. The van der Waals surface area contributed by atoms with Crippen LogP contribution >= 0.6 is 0 Å². The van der Waals surface area contributed by atoms with E-state index in [-0.39, 0.29) is 11.8 Å². The first-order chi connectivity index (χ1) is 10.3. The van der Waals surface area contributed by atoms with Crippen LogP contribution in [0.15, 0.2) is 24.3 Å². The maximum Gasteiger partial charge on any atom is 0.227 e. The van der Waals surface area contributed by atoms with E-state index in [2.05, 4.69) is 29.7 Å². The summed E-state index contributed by atoms with van der Waals surface area (Å²) >= 11 is 0. The molecule has 3 heteroatoms. The summed E-state index contributed by atoms with van der Waals surface area (Å²) in [6.07, 6.45) is 7.14. The van der Waals surface area contributed by atoms with Crippen LogP contribution in [0.2, 0.25) is 0 Å². The van der Waals surface area contributed by atoms with Crippen LogP contribution in [0.5, 0.6) is 0 Å². The molecule has 3 nitrogen and oxygen atoms in total. The molecule has 1 fully saturated rings. The number of hydrogen-bond donors (Lipinski definition) is 2. The minimum Gasteiger partial charge on any atom is -0.385 e. The van der Waals surface area contributed by atoms with Gasteiger partial charge in [0.15, 0.2) is 0 Å². The number of fused-ring (bicyclic) bond motifs is 1. The van der Waals surface area contributed by atoms with Gasteiger partial charge in [0, 0.05) is 18.3 Å². The van der Waals surface area contributed by atoms with E-state index in [0.717, 1.165) is 30.6 Å². The molecule has 1 heterocycles. The number of para-hydroxylation sites is 1. The number of amides is 1. The van der Waals surface area contributed by atoms with Gasteiger partial charge in [0.2, 0.25) is 5.91 Å². The summed E-state index contributed by atoms with van der Waals surface area (Å²) in [5.41, 5.74) is 2.28. The smallest absolute Gasteiger partial charge is 0.227 e. The number of anilines is 1. The van der Waals surface area contributed by atoms with Gasteiger partial charge in [0.1, 0.15) is 0 Å². The van der Waals surface area contributed by atoms with E-state index in [1.54, 1.807) is 0 Å². The van der Waals surface area contributed by atoms with Gasteiger partial charge in [-0.15, -0.1) is 0 Å². The maximum atomic E-state index is 12.7. The van der Waals surface area contributed by atoms with Crippen molar-refractivity contribution < 1.29 is 4.79 Å². The third-order valence-electron chi connectivity index (χ3n) is 5.09. The number of rotatable bonds is 2. The average Bonchev–Trinajstić information content (AvgIpc) is 2.71. The summed E-state index contributed by atoms with van der Waals surface area (Å²) in [6.45, 7) is 3.17. The van der Waals surface area contributed by atoms with Gasteiger partial charge in [0.05, 0.1) is 5.92 Å². The molecule has 0 bridgehead atoms. The fourth-order valence-corrected chi connectivity index (χ4v) is 3.73. The quantitative estimate of drug-likeness (QED) is 0.814. The molecule has 3 unspecified atom stereocenters. The number of carbonyl (C=O) groups excluding carboxylic acids is 1. The minimum absolute atomic E-state index is 0.0119. The molecule has 3 rings (SSSR count). The SMILES string of the molecule is CC1CCCCCC1NC(=O)C1CCNc2ccccc21. The van der Waals surface area contributed by atoms with Gasteiger partial charge in [0.25, 0.3) is 0 Å². The third kappa shape index (κ3) is 3.22. The zero-order chi connectivity index (χ0) is 14.7. The standard InChI is InChI=1S/C18H26N2O/c1-13-7-3-2-4-9-16(13)20-18(21)15-11-12-19-17-10-6-5-8-14(15)17/h5-6,8,10,13,15-16,19H,2-4,7,9,11-12H2,1H3,(H,20,21). The zero-order valence-electron chi connectivity index (χ0n) is 12.9. The average molecular weight is 286 g/mol. The van der Waals surface area contributed by atoms with Gasteiger partial charge in [-0.2, -0.15) is 0 Å². The van der Waals surface area contributed by atoms with Crippen molar-refractivity contribution in [2.24, 2.45) is 5.92 Å². The summed E-state index contributed by atoms with van der Waals surface area (Å²) in [6, 6.07) is 8.58. The number of nitrogens with one attached hydrogen (secondary N) is 2.